The lowest BCUT2D eigenvalue weighted by atomic mass is 9.55. The number of hydrogen-bond acceptors (Lipinski definition) is 4. The van der Waals surface area contributed by atoms with Gasteiger partial charge in [-0.3, -0.25) is 14.4 Å². The van der Waals surface area contributed by atoms with E-state index in [-0.39, 0.29) is 35.4 Å². The van der Waals surface area contributed by atoms with Crippen molar-refractivity contribution >= 4 is 23.5 Å². The number of anilines is 1. The molecule has 0 radical (unpaired) electrons. The fourth-order valence-electron chi connectivity index (χ4n) is 6.51. The lowest BCUT2D eigenvalue weighted by Gasteiger charge is -2.45. The van der Waals surface area contributed by atoms with Crippen molar-refractivity contribution in [3.8, 4) is 5.75 Å². The summed E-state index contributed by atoms with van der Waals surface area (Å²) in [7, 11) is 0. The van der Waals surface area contributed by atoms with Gasteiger partial charge in [0.05, 0.1) is 17.5 Å². The quantitative estimate of drug-likeness (QED) is 0.182. The van der Waals surface area contributed by atoms with Crippen LogP contribution in [0.1, 0.15) is 73.1 Å². The van der Waals surface area contributed by atoms with Gasteiger partial charge in [-0.05, 0) is 40.8 Å². The number of imide groups is 1. The molecule has 1 aliphatic heterocycles. The lowest BCUT2D eigenvalue weighted by Crippen LogP contribution is -2.41. The highest BCUT2D eigenvalue weighted by molar-refractivity contribution is 6.24. The highest BCUT2D eigenvalue weighted by Crippen LogP contribution is 2.61. The summed E-state index contributed by atoms with van der Waals surface area (Å²) in [5.41, 5.74) is 4.90. The first-order valence-electron chi connectivity index (χ1n) is 13.0. The van der Waals surface area contributed by atoms with Crippen LogP contribution in [0.2, 0.25) is 0 Å². The predicted molar refractivity (Wildman–Crippen MR) is 137 cm³/mol. The van der Waals surface area contributed by atoms with Gasteiger partial charge >= 0.3 is 5.97 Å². The van der Waals surface area contributed by atoms with Crippen LogP contribution >= 0.6 is 0 Å². The number of carbonyl (C=O) groups is 3. The number of benzene rings is 3. The summed E-state index contributed by atoms with van der Waals surface area (Å²) in [5.74, 6) is -1.76. The Morgan fingerprint density at radius 1 is 0.722 bits per heavy atom. The molecule has 2 bridgehead atoms. The summed E-state index contributed by atoms with van der Waals surface area (Å²) in [6.07, 6.45) is 4.23. The van der Waals surface area contributed by atoms with E-state index < -0.39 is 11.8 Å². The fraction of sp³-hybridized carbons (Fsp3) is 0.323. The number of nitrogens with zero attached hydrogens (tertiary/aromatic N) is 1. The van der Waals surface area contributed by atoms with Gasteiger partial charge in [0.2, 0.25) is 11.8 Å². The molecule has 0 N–H and O–H groups in total. The fourth-order valence-corrected chi connectivity index (χ4v) is 6.51. The molecular weight excluding hydrogens is 450 g/mol. The van der Waals surface area contributed by atoms with Crippen LogP contribution in [0.5, 0.6) is 5.75 Å². The van der Waals surface area contributed by atoms with Crippen molar-refractivity contribution in [2.75, 3.05) is 4.90 Å². The molecule has 2 amide bonds. The monoisotopic (exact) mass is 479 g/mol. The Balaban J connectivity index is 1.36. The van der Waals surface area contributed by atoms with E-state index in [9.17, 15) is 14.4 Å². The molecular formula is C31H29NO4. The van der Waals surface area contributed by atoms with Gasteiger partial charge < -0.3 is 4.74 Å². The molecule has 0 aromatic heterocycles. The van der Waals surface area contributed by atoms with Crippen LogP contribution in [0, 0.1) is 11.8 Å². The van der Waals surface area contributed by atoms with Gasteiger partial charge in [-0.2, -0.15) is 0 Å². The Hall–Kier alpha value is -3.73. The maximum absolute atomic E-state index is 14.0. The summed E-state index contributed by atoms with van der Waals surface area (Å²) >= 11 is 0. The first-order chi connectivity index (χ1) is 17.6. The molecule has 1 saturated heterocycles. The van der Waals surface area contributed by atoms with E-state index in [1.807, 2.05) is 24.3 Å². The minimum absolute atomic E-state index is 0.165. The van der Waals surface area contributed by atoms with Gasteiger partial charge in [0.15, 0.2) is 5.75 Å². The van der Waals surface area contributed by atoms with Crippen molar-refractivity contribution in [3.05, 3.63) is 95.1 Å². The maximum Gasteiger partial charge on any atom is 0.311 e. The molecule has 182 valence electrons. The van der Waals surface area contributed by atoms with Crippen molar-refractivity contribution in [2.24, 2.45) is 11.8 Å². The van der Waals surface area contributed by atoms with Crippen LogP contribution in [0.4, 0.5) is 5.69 Å². The number of carbonyl (C=O) groups excluding carboxylic acids is 3. The molecule has 1 heterocycles. The van der Waals surface area contributed by atoms with E-state index in [0.717, 1.165) is 47.9 Å². The van der Waals surface area contributed by atoms with Gasteiger partial charge in [-0.15, -0.1) is 0 Å². The zero-order valence-electron chi connectivity index (χ0n) is 20.4. The van der Waals surface area contributed by atoms with Crippen LogP contribution in [-0.2, 0) is 14.4 Å². The highest BCUT2D eigenvalue weighted by atomic mass is 16.5. The zero-order chi connectivity index (χ0) is 24.8. The highest BCUT2D eigenvalue weighted by Gasteiger charge is 2.62. The molecule has 3 aliphatic carbocycles. The molecule has 2 atom stereocenters. The minimum atomic E-state index is -0.467. The zero-order valence-corrected chi connectivity index (χ0v) is 20.4. The Morgan fingerprint density at radius 2 is 1.22 bits per heavy atom. The molecule has 5 nitrogen and oxygen atoms in total. The largest absolute Gasteiger partial charge is 0.424 e. The Bertz CT molecular complexity index is 1250. The molecule has 5 heteroatoms. The second-order valence-electron chi connectivity index (χ2n) is 10.0. The van der Waals surface area contributed by atoms with E-state index in [0.29, 0.717) is 12.1 Å². The SMILES string of the molecule is CCCCCCC(=O)Oc1ccccc1N1C(=O)[C@@H]2C3c4ccccc4C(c4ccccc43)[C@@H]2C1=O. The molecule has 1 fully saturated rings. The van der Waals surface area contributed by atoms with Crippen LogP contribution in [-0.4, -0.2) is 17.8 Å². The van der Waals surface area contributed by atoms with E-state index in [1.54, 1.807) is 24.3 Å². The van der Waals surface area contributed by atoms with Gasteiger partial charge in [0.25, 0.3) is 0 Å². The summed E-state index contributed by atoms with van der Waals surface area (Å²) in [5, 5.41) is 0. The van der Waals surface area contributed by atoms with Gasteiger partial charge in [-0.1, -0.05) is 86.8 Å². The Labute approximate surface area is 211 Å². The first kappa shape index (κ1) is 22.7. The molecule has 7 rings (SSSR count). The van der Waals surface area contributed by atoms with E-state index >= 15 is 0 Å². The van der Waals surface area contributed by atoms with E-state index in [2.05, 4.69) is 31.2 Å². The van der Waals surface area contributed by atoms with E-state index in [1.165, 1.54) is 4.90 Å². The van der Waals surface area contributed by atoms with Gasteiger partial charge in [0.1, 0.15) is 0 Å². The predicted octanol–water partition coefficient (Wildman–Crippen LogP) is 5.96. The van der Waals surface area contributed by atoms with Gasteiger partial charge in [0, 0.05) is 18.3 Å². The lowest BCUT2D eigenvalue weighted by molar-refractivity contribution is -0.134. The molecule has 4 aliphatic rings. The number of para-hydroxylation sites is 2. The summed E-state index contributed by atoms with van der Waals surface area (Å²) in [6.45, 7) is 2.12. The van der Waals surface area contributed by atoms with Crippen LogP contribution < -0.4 is 9.64 Å². The molecule has 0 spiro atoms. The normalized spacial score (nSPS) is 23.3. The third-order valence-corrected chi connectivity index (χ3v) is 8.01. The topological polar surface area (TPSA) is 63.7 Å². The number of esters is 1. The Kier molecular flexibility index (Phi) is 5.71. The maximum atomic E-state index is 14.0. The summed E-state index contributed by atoms with van der Waals surface area (Å²) < 4.78 is 5.70. The molecule has 3 aromatic carbocycles. The number of ether oxygens (including phenoxy) is 1. The van der Waals surface area contributed by atoms with Crippen molar-refractivity contribution in [1.29, 1.82) is 0 Å². The van der Waals surface area contributed by atoms with Crippen molar-refractivity contribution < 1.29 is 19.1 Å². The average Bonchev–Trinajstić information content (AvgIpc) is 3.17. The second kappa shape index (κ2) is 9.05. The number of amides is 2. The second-order valence-corrected chi connectivity index (χ2v) is 10.0. The van der Waals surface area contributed by atoms with Crippen molar-refractivity contribution in [1.82, 2.24) is 0 Å². The van der Waals surface area contributed by atoms with Crippen molar-refractivity contribution in [2.45, 2.75) is 50.9 Å². The number of hydrogen-bond donors (Lipinski definition) is 0. The molecule has 0 unspecified atom stereocenters. The Morgan fingerprint density at radius 3 is 1.75 bits per heavy atom. The standard InChI is InChI=1S/C31H29NO4/c1-2-3-4-5-18-25(33)36-24-17-11-10-16-23(24)32-30(34)28-26-19-12-6-7-13-20(19)27(29(28)31(32)35)22-15-9-8-14-21(22)26/h6-17,26-29H,2-5,18H2,1H3/t26?,27?,28-,29+. The van der Waals surface area contributed by atoms with Gasteiger partial charge in [-0.25, -0.2) is 4.90 Å². The summed E-state index contributed by atoms with van der Waals surface area (Å²) in [6, 6.07) is 23.3. The average molecular weight is 480 g/mol. The molecule has 0 saturated carbocycles. The third-order valence-electron chi connectivity index (χ3n) is 8.01. The van der Waals surface area contributed by atoms with Crippen LogP contribution in [0.3, 0.4) is 0 Å². The van der Waals surface area contributed by atoms with E-state index in [4.69, 9.17) is 4.74 Å². The van der Waals surface area contributed by atoms with Crippen LogP contribution in [0.15, 0.2) is 72.8 Å². The van der Waals surface area contributed by atoms with Crippen LogP contribution in [0.25, 0.3) is 0 Å². The molecule has 36 heavy (non-hydrogen) atoms. The minimum Gasteiger partial charge on any atom is -0.424 e. The molecule has 3 aromatic rings. The smallest absolute Gasteiger partial charge is 0.311 e. The summed E-state index contributed by atoms with van der Waals surface area (Å²) in [4.78, 5) is 41.9. The number of rotatable bonds is 7. The third kappa shape index (κ3) is 3.41. The van der Waals surface area contributed by atoms with Crippen molar-refractivity contribution in [3.63, 3.8) is 0 Å². The first-order valence-corrected chi connectivity index (χ1v) is 13.0. The number of unbranched alkanes of at least 4 members (excludes halogenated alkanes) is 3.